The average Bonchev–Trinajstić information content (AvgIpc) is 2.84. The van der Waals surface area contributed by atoms with Crippen molar-refractivity contribution in [1.82, 2.24) is 4.98 Å². The molecule has 7 nitrogen and oxygen atoms in total. The van der Waals surface area contributed by atoms with Crippen LogP contribution in [0.5, 0.6) is 11.5 Å². The smallest absolute Gasteiger partial charge is 0.257 e. The fraction of sp³-hybridized carbons (Fsp3) is 0.148. The van der Waals surface area contributed by atoms with Crippen molar-refractivity contribution in [3.05, 3.63) is 89.1 Å². The van der Waals surface area contributed by atoms with Gasteiger partial charge >= 0.3 is 0 Å². The highest BCUT2D eigenvalue weighted by Crippen LogP contribution is 2.37. The van der Waals surface area contributed by atoms with Crippen LogP contribution in [0.1, 0.15) is 32.0 Å². The highest BCUT2D eigenvalue weighted by Gasteiger charge is 2.18. The number of nitrogens with zero attached hydrogens (tertiary/aromatic N) is 1. The maximum absolute atomic E-state index is 13.2. The SMILES string of the molecule is COc1cc(NC(=O)c2cc3cc(C)ccc3nc2C)c(OC)cc1NC(=O)c1ccccc1. The minimum absolute atomic E-state index is 0.286. The van der Waals surface area contributed by atoms with Crippen molar-refractivity contribution >= 4 is 34.1 Å². The number of anilines is 2. The Morgan fingerprint density at radius 2 is 1.38 bits per heavy atom. The summed E-state index contributed by atoms with van der Waals surface area (Å²) in [7, 11) is 2.98. The molecule has 0 aliphatic carbocycles. The molecule has 0 radical (unpaired) electrons. The normalized spacial score (nSPS) is 10.6. The molecule has 4 aromatic rings. The number of carbonyl (C=O) groups is 2. The van der Waals surface area contributed by atoms with Crippen LogP contribution in [0, 0.1) is 13.8 Å². The number of hydrogen-bond donors (Lipinski definition) is 2. The number of ether oxygens (including phenoxy) is 2. The molecule has 0 atom stereocenters. The molecule has 2 amide bonds. The van der Waals surface area contributed by atoms with E-state index in [-0.39, 0.29) is 11.8 Å². The second-order valence-corrected chi connectivity index (χ2v) is 7.84. The van der Waals surface area contributed by atoms with Crippen molar-refractivity contribution < 1.29 is 19.1 Å². The van der Waals surface area contributed by atoms with Gasteiger partial charge in [-0.1, -0.05) is 29.8 Å². The van der Waals surface area contributed by atoms with Crippen LogP contribution in [0.4, 0.5) is 11.4 Å². The molecule has 0 aliphatic heterocycles. The molecule has 0 saturated heterocycles. The molecule has 172 valence electrons. The summed E-state index contributed by atoms with van der Waals surface area (Å²) in [6, 6.07) is 19.8. The van der Waals surface area contributed by atoms with Crippen LogP contribution < -0.4 is 20.1 Å². The highest BCUT2D eigenvalue weighted by atomic mass is 16.5. The largest absolute Gasteiger partial charge is 0.494 e. The van der Waals surface area contributed by atoms with E-state index < -0.39 is 0 Å². The molecule has 34 heavy (non-hydrogen) atoms. The standard InChI is InChI=1S/C27H25N3O4/c1-16-10-11-21-19(12-16)13-20(17(2)28-21)27(32)30-23-15-24(33-3)22(14-25(23)34-4)29-26(31)18-8-6-5-7-9-18/h5-15H,1-4H3,(H,29,31)(H,30,32). The van der Waals surface area contributed by atoms with E-state index in [1.54, 1.807) is 43.3 Å². The number of benzene rings is 3. The van der Waals surface area contributed by atoms with Gasteiger partial charge in [-0.3, -0.25) is 14.6 Å². The van der Waals surface area contributed by atoms with E-state index >= 15 is 0 Å². The van der Waals surface area contributed by atoms with E-state index in [1.807, 2.05) is 37.3 Å². The number of amides is 2. The van der Waals surface area contributed by atoms with Gasteiger partial charge in [0.2, 0.25) is 0 Å². The summed E-state index contributed by atoms with van der Waals surface area (Å²) >= 11 is 0. The maximum atomic E-state index is 13.2. The second kappa shape index (κ2) is 9.62. The average molecular weight is 456 g/mol. The quantitative estimate of drug-likeness (QED) is 0.408. The number of aryl methyl sites for hydroxylation is 2. The number of methoxy groups -OCH3 is 2. The number of rotatable bonds is 6. The molecule has 0 aliphatic rings. The predicted molar refractivity (Wildman–Crippen MR) is 133 cm³/mol. The highest BCUT2D eigenvalue weighted by molar-refractivity contribution is 6.09. The number of fused-ring (bicyclic) bond motifs is 1. The first-order valence-corrected chi connectivity index (χ1v) is 10.7. The van der Waals surface area contributed by atoms with Gasteiger partial charge in [0, 0.05) is 23.1 Å². The lowest BCUT2D eigenvalue weighted by atomic mass is 10.1. The first-order valence-electron chi connectivity index (χ1n) is 10.7. The number of nitrogens with one attached hydrogen (secondary N) is 2. The molecule has 1 aromatic heterocycles. The summed E-state index contributed by atoms with van der Waals surface area (Å²) < 4.78 is 11.0. The lowest BCUT2D eigenvalue weighted by Gasteiger charge is -2.17. The van der Waals surface area contributed by atoms with Crippen LogP contribution in [0.25, 0.3) is 10.9 Å². The topological polar surface area (TPSA) is 89.6 Å². The molecule has 7 heteroatoms. The molecule has 2 N–H and O–H groups in total. The summed E-state index contributed by atoms with van der Waals surface area (Å²) in [5.74, 6) is 0.143. The van der Waals surface area contributed by atoms with Gasteiger partial charge in [0.1, 0.15) is 11.5 Å². The van der Waals surface area contributed by atoms with Crippen molar-refractivity contribution in [3.8, 4) is 11.5 Å². The molecule has 1 heterocycles. The summed E-state index contributed by atoms with van der Waals surface area (Å²) in [5, 5.41) is 6.61. The van der Waals surface area contributed by atoms with E-state index in [0.717, 1.165) is 16.5 Å². The van der Waals surface area contributed by atoms with Crippen molar-refractivity contribution in [3.63, 3.8) is 0 Å². The zero-order valence-electron chi connectivity index (χ0n) is 19.4. The van der Waals surface area contributed by atoms with Crippen molar-refractivity contribution in [2.75, 3.05) is 24.9 Å². The van der Waals surface area contributed by atoms with Crippen LogP contribution in [0.2, 0.25) is 0 Å². The Labute approximate surface area is 197 Å². The Kier molecular flexibility index (Phi) is 6.45. The van der Waals surface area contributed by atoms with Crippen LogP contribution >= 0.6 is 0 Å². The number of hydrogen-bond acceptors (Lipinski definition) is 5. The monoisotopic (exact) mass is 455 g/mol. The minimum Gasteiger partial charge on any atom is -0.494 e. The molecule has 0 bridgehead atoms. The summed E-state index contributed by atoms with van der Waals surface area (Å²) in [6.07, 6.45) is 0. The summed E-state index contributed by atoms with van der Waals surface area (Å²) in [4.78, 5) is 30.3. The molecule has 0 unspecified atom stereocenters. The van der Waals surface area contributed by atoms with Gasteiger partial charge in [0.25, 0.3) is 11.8 Å². The van der Waals surface area contributed by atoms with Crippen LogP contribution in [0.15, 0.2) is 66.7 Å². The molecule has 0 spiro atoms. The van der Waals surface area contributed by atoms with Crippen molar-refractivity contribution in [1.29, 1.82) is 0 Å². The van der Waals surface area contributed by atoms with Gasteiger partial charge in [0.15, 0.2) is 0 Å². The van der Waals surface area contributed by atoms with Gasteiger partial charge in [0.05, 0.1) is 42.4 Å². The lowest BCUT2D eigenvalue weighted by Crippen LogP contribution is -2.16. The Balaban J connectivity index is 1.64. The second-order valence-electron chi connectivity index (χ2n) is 7.84. The molecular formula is C27H25N3O4. The predicted octanol–water partition coefficient (Wildman–Crippen LogP) is 5.37. The number of pyridine rings is 1. The van der Waals surface area contributed by atoms with Gasteiger partial charge in [-0.25, -0.2) is 0 Å². The van der Waals surface area contributed by atoms with Crippen molar-refractivity contribution in [2.24, 2.45) is 0 Å². The zero-order valence-corrected chi connectivity index (χ0v) is 19.4. The third kappa shape index (κ3) is 4.68. The Morgan fingerprint density at radius 1 is 0.765 bits per heavy atom. The van der Waals surface area contributed by atoms with Gasteiger partial charge < -0.3 is 20.1 Å². The van der Waals surface area contributed by atoms with E-state index in [2.05, 4.69) is 15.6 Å². The lowest BCUT2D eigenvalue weighted by molar-refractivity contribution is 0.101. The van der Waals surface area contributed by atoms with Crippen LogP contribution in [-0.4, -0.2) is 31.0 Å². The Morgan fingerprint density at radius 3 is 2.00 bits per heavy atom. The molecule has 3 aromatic carbocycles. The summed E-state index contributed by atoms with van der Waals surface area (Å²) in [5.41, 5.74) is 4.33. The molecule has 0 fully saturated rings. The Hall–Kier alpha value is -4.39. The maximum Gasteiger partial charge on any atom is 0.257 e. The molecule has 4 rings (SSSR count). The zero-order chi connectivity index (χ0) is 24.2. The van der Waals surface area contributed by atoms with Gasteiger partial charge in [-0.2, -0.15) is 0 Å². The summed E-state index contributed by atoms with van der Waals surface area (Å²) in [6.45, 7) is 3.79. The first kappa shape index (κ1) is 22.8. The third-order valence-electron chi connectivity index (χ3n) is 5.46. The minimum atomic E-state index is -0.324. The molecule has 0 saturated carbocycles. The Bertz CT molecular complexity index is 1380. The van der Waals surface area contributed by atoms with Gasteiger partial charge in [-0.05, 0) is 44.2 Å². The van der Waals surface area contributed by atoms with Crippen LogP contribution in [-0.2, 0) is 0 Å². The number of carbonyl (C=O) groups excluding carboxylic acids is 2. The first-order chi connectivity index (χ1) is 16.4. The van der Waals surface area contributed by atoms with E-state index in [4.69, 9.17) is 9.47 Å². The van der Waals surface area contributed by atoms with E-state index in [9.17, 15) is 9.59 Å². The third-order valence-corrected chi connectivity index (χ3v) is 5.46. The fourth-order valence-electron chi connectivity index (χ4n) is 3.69. The van der Waals surface area contributed by atoms with Crippen LogP contribution in [0.3, 0.4) is 0 Å². The van der Waals surface area contributed by atoms with Gasteiger partial charge in [-0.15, -0.1) is 0 Å². The van der Waals surface area contributed by atoms with E-state index in [0.29, 0.717) is 39.7 Å². The van der Waals surface area contributed by atoms with E-state index in [1.165, 1.54) is 14.2 Å². The number of aromatic nitrogens is 1. The fourth-order valence-corrected chi connectivity index (χ4v) is 3.69. The van der Waals surface area contributed by atoms with Crippen molar-refractivity contribution in [2.45, 2.75) is 13.8 Å². The molecular weight excluding hydrogens is 430 g/mol.